The van der Waals surface area contributed by atoms with Crippen LogP contribution in [0.15, 0.2) is 47.8 Å². The van der Waals surface area contributed by atoms with Gasteiger partial charge >= 0.3 is 5.97 Å². The van der Waals surface area contributed by atoms with Gasteiger partial charge in [0.15, 0.2) is 6.10 Å². The van der Waals surface area contributed by atoms with Crippen molar-refractivity contribution in [2.75, 3.05) is 4.90 Å². The van der Waals surface area contributed by atoms with Gasteiger partial charge in [-0.1, -0.05) is 29.1 Å². The van der Waals surface area contributed by atoms with E-state index in [1.54, 1.807) is 19.1 Å². The molecule has 2 aliphatic carbocycles. The van der Waals surface area contributed by atoms with Crippen molar-refractivity contribution in [3.8, 4) is 18.1 Å². The number of ether oxygens (including phenoxy) is 2. The van der Waals surface area contributed by atoms with Gasteiger partial charge in [-0.25, -0.2) is 9.69 Å². The fourth-order valence-corrected chi connectivity index (χ4v) is 5.18. The number of terminal acetylenes is 1. The summed E-state index contributed by atoms with van der Waals surface area (Å²) < 4.78 is 11.4. The summed E-state index contributed by atoms with van der Waals surface area (Å²) in [6, 6.07) is 5.93. The van der Waals surface area contributed by atoms with Crippen LogP contribution in [0.5, 0.6) is 5.75 Å². The maximum absolute atomic E-state index is 14.1. The minimum atomic E-state index is -0.662. The third kappa shape index (κ3) is 6.20. The van der Waals surface area contributed by atoms with E-state index in [4.69, 9.17) is 39.1 Å². The number of halogens is 2. The zero-order chi connectivity index (χ0) is 27.2. The summed E-state index contributed by atoms with van der Waals surface area (Å²) in [5, 5.41) is 0.215. The van der Waals surface area contributed by atoms with Crippen molar-refractivity contribution in [1.82, 2.24) is 4.98 Å². The van der Waals surface area contributed by atoms with Crippen LogP contribution in [0.25, 0.3) is 0 Å². The van der Waals surface area contributed by atoms with Gasteiger partial charge in [0.2, 0.25) is 0 Å². The summed E-state index contributed by atoms with van der Waals surface area (Å²) in [7, 11) is 0. The number of rotatable bonds is 7. The van der Waals surface area contributed by atoms with Crippen molar-refractivity contribution < 1.29 is 23.9 Å². The molecule has 1 fully saturated rings. The van der Waals surface area contributed by atoms with Gasteiger partial charge in [0.25, 0.3) is 11.8 Å². The van der Waals surface area contributed by atoms with E-state index in [1.165, 1.54) is 24.5 Å². The molecule has 1 atom stereocenters. The highest BCUT2D eigenvalue weighted by Crippen LogP contribution is 2.39. The van der Waals surface area contributed by atoms with Gasteiger partial charge in [-0.2, -0.15) is 0 Å². The third-order valence-corrected chi connectivity index (χ3v) is 7.24. The van der Waals surface area contributed by atoms with Crippen LogP contribution in [-0.4, -0.2) is 35.0 Å². The highest BCUT2D eigenvalue weighted by molar-refractivity contribution is 6.39. The average Bonchev–Trinajstić information content (AvgIpc) is 3.44. The minimum Gasteiger partial charge on any atom is -0.476 e. The number of amides is 2. The molecule has 0 N–H and O–H groups in total. The van der Waals surface area contributed by atoms with Gasteiger partial charge in [-0.3, -0.25) is 14.6 Å². The quantitative estimate of drug-likeness (QED) is 0.226. The lowest BCUT2D eigenvalue weighted by molar-refractivity contribution is -0.144. The van der Waals surface area contributed by atoms with E-state index < -0.39 is 23.9 Å². The standard InChI is InChI=1S/C29H28Cl2N2O5/c1-3-18(2)37-26-16-25(23(30)15-24(26)31)33(27(34)19-9-8-14-32-17-19)28(35)21-12-6-7-13-22(21)29(36)38-20-10-4-5-11-20/h1,8-9,14-18,20H,4-7,10-13H2,2H3. The van der Waals surface area contributed by atoms with E-state index in [2.05, 4.69) is 10.9 Å². The zero-order valence-electron chi connectivity index (χ0n) is 21.0. The van der Waals surface area contributed by atoms with E-state index in [-0.39, 0.29) is 38.7 Å². The van der Waals surface area contributed by atoms with Crippen LogP contribution >= 0.6 is 23.2 Å². The largest absolute Gasteiger partial charge is 0.476 e. The Bertz CT molecular complexity index is 1300. The molecule has 2 amide bonds. The maximum Gasteiger partial charge on any atom is 0.334 e. The maximum atomic E-state index is 14.1. The number of anilines is 1. The van der Waals surface area contributed by atoms with E-state index in [0.29, 0.717) is 24.8 Å². The van der Waals surface area contributed by atoms with Gasteiger partial charge in [-0.15, -0.1) is 6.42 Å². The van der Waals surface area contributed by atoms with Crippen LogP contribution in [0.2, 0.25) is 10.0 Å². The van der Waals surface area contributed by atoms with E-state index in [1.807, 2.05) is 0 Å². The van der Waals surface area contributed by atoms with E-state index in [0.717, 1.165) is 37.0 Å². The molecule has 198 valence electrons. The van der Waals surface area contributed by atoms with Crippen molar-refractivity contribution >= 4 is 46.7 Å². The molecule has 1 aromatic heterocycles. The average molecular weight is 555 g/mol. The molecule has 0 radical (unpaired) electrons. The number of imide groups is 1. The second kappa shape index (κ2) is 12.5. The zero-order valence-corrected chi connectivity index (χ0v) is 22.6. The fourth-order valence-electron chi connectivity index (χ4n) is 4.66. The fraction of sp³-hybridized carbons (Fsp3) is 0.379. The van der Waals surface area contributed by atoms with Gasteiger partial charge in [0.05, 0.1) is 21.3 Å². The van der Waals surface area contributed by atoms with Gasteiger partial charge in [0.1, 0.15) is 11.9 Å². The van der Waals surface area contributed by atoms with Crippen molar-refractivity contribution in [2.24, 2.45) is 0 Å². The third-order valence-electron chi connectivity index (χ3n) is 6.64. The van der Waals surface area contributed by atoms with E-state index in [9.17, 15) is 14.4 Å². The van der Waals surface area contributed by atoms with Crippen LogP contribution in [0, 0.1) is 12.3 Å². The van der Waals surface area contributed by atoms with Crippen LogP contribution in [0.3, 0.4) is 0 Å². The molecule has 4 rings (SSSR count). The molecule has 0 aliphatic heterocycles. The summed E-state index contributed by atoms with van der Waals surface area (Å²) in [6.07, 6.45) is 13.3. The summed E-state index contributed by atoms with van der Waals surface area (Å²) in [4.78, 5) is 46.0. The first-order valence-corrected chi connectivity index (χ1v) is 13.4. The lowest BCUT2D eigenvalue weighted by atomic mass is 9.90. The molecule has 0 spiro atoms. The Kier molecular flexibility index (Phi) is 9.09. The van der Waals surface area contributed by atoms with E-state index >= 15 is 0 Å². The Balaban J connectivity index is 1.80. The first kappa shape index (κ1) is 27.7. The number of benzene rings is 1. The predicted molar refractivity (Wildman–Crippen MR) is 145 cm³/mol. The molecule has 7 nitrogen and oxygen atoms in total. The Labute approximate surface area is 232 Å². The number of nitrogens with zero attached hydrogens (tertiary/aromatic N) is 2. The Hall–Kier alpha value is -3.34. The molecule has 2 aromatic rings. The van der Waals surface area contributed by atoms with Crippen molar-refractivity contribution in [1.29, 1.82) is 0 Å². The molecule has 1 saturated carbocycles. The van der Waals surface area contributed by atoms with Crippen LogP contribution in [0.4, 0.5) is 5.69 Å². The van der Waals surface area contributed by atoms with Gasteiger partial charge < -0.3 is 9.47 Å². The van der Waals surface area contributed by atoms with Gasteiger partial charge in [-0.05, 0) is 76.5 Å². The van der Waals surface area contributed by atoms with Crippen molar-refractivity contribution in [2.45, 2.75) is 70.5 Å². The number of pyridine rings is 1. The molecule has 0 saturated heterocycles. The Morgan fingerprint density at radius 3 is 2.42 bits per heavy atom. The molecular formula is C29H28Cl2N2O5. The summed E-state index contributed by atoms with van der Waals surface area (Å²) >= 11 is 12.9. The molecular weight excluding hydrogens is 527 g/mol. The molecule has 0 bridgehead atoms. The molecule has 38 heavy (non-hydrogen) atoms. The highest BCUT2D eigenvalue weighted by atomic mass is 35.5. The predicted octanol–water partition coefficient (Wildman–Crippen LogP) is 6.32. The topological polar surface area (TPSA) is 85.8 Å². The Morgan fingerprint density at radius 1 is 1.05 bits per heavy atom. The molecule has 9 heteroatoms. The lowest BCUT2D eigenvalue weighted by Gasteiger charge is -2.27. The number of esters is 1. The number of carbonyl (C=O) groups excluding carboxylic acids is 3. The van der Waals surface area contributed by atoms with Crippen molar-refractivity contribution in [3.05, 3.63) is 63.4 Å². The van der Waals surface area contributed by atoms with Crippen LogP contribution in [0.1, 0.15) is 68.6 Å². The number of hydrogen-bond acceptors (Lipinski definition) is 6. The smallest absolute Gasteiger partial charge is 0.334 e. The highest BCUT2D eigenvalue weighted by Gasteiger charge is 2.35. The normalized spacial score (nSPS) is 16.5. The number of hydrogen-bond donors (Lipinski definition) is 0. The molecule has 1 unspecified atom stereocenters. The number of carbonyl (C=O) groups is 3. The summed E-state index contributed by atoms with van der Waals surface area (Å²) in [5.74, 6) is 0.790. The monoisotopic (exact) mass is 554 g/mol. The summed E-state index contributed by atoms with van der Waals surface area (Å²) in [5.41, 5.74) is 0.759. The minimum absolute atomic E-state index is 0.0489. The SMILES string of the molecule is C#CC(C)Oc1cc(N(C(=O)C2=C(C(=O)OC3CCCC3)CCCC2)C(=O)c2cccnc2)c(Cl)cc1Cl. The first-order valence-electron chi connectivity index (χ1n) is 12.6. The van der Waals surface area contributed by atoms with Gasteiger partial charge in [0, 0.05) is 29.6 Å². The van der Waals surface area contributed by atoms with Crippen LogP contribution < -0.4 is 9.64 Å². The van der Waals surface area contributed by atoms with Crippen molar-refractivity contribution in [3.63, 3.8) is 0 Å². The molecule has 1 heterocycles. The first-order chi connectivity index (χ1) is 18.3. The number of aromatic nitrogens is 1. The molecule has 1 aromatic carbocycles. The second-order valence-corrected chi connectivity index (χ2v) is 10.1. The Morgan fingerprint density at radius 2 is 1.76 bits per heavy atom. The lowest BCUT2D eigenvalue weighted by Crippen LogP contribution is -2.39. The summed E-state index contributed by atoms with van der Waals surface area (Å²) in [6.45, 7) is 1.66. The molecule has 2 aliphatic rings. The second-order valence-electron chi connectivity index (χ2n) is 9.32. The van der Waals surface area contributed by atoms with Crippen LogP contribution in [-0.2, 0) is 14.3 Å².